The maximum atomic E-state index is 9.09. The fraction of sp³-hybridized carbons (Fsp3) is 0.444. The lowest BCUT2D eigenvalue weighted by molar-refractivity contribution is 0.207. The van der Waals surface area contributed by atoms with Gasteiger partial charge in [0.2, 0.25) is 0 Å². The molecule has 2 N–H and O–H groups in total. The SMILES string of the molecule is Cn1cc(CNCC(C)(C)CCO)c(-c2ccc(C#N)cc2)n1. The van der Waals surface area contributed by atoms with Gasteiger partial charge >= 0.3 is 0 Å². The molecule has 0 radical (unpaired) electrons. The lowest BCUT2D eigenvalue weighted by atomic mass is 9.90. The Labute approximate surface area is 137 Å². The van der Waals surface area contributed by atoms with Crippen molar-refractivity contribution in [3.05, 3.63) is 41.6 Å². The van der Waals surface area contributed by atoms with Crippen LogP contribution in [0.4, 0.5) is 0 Å². The summed E-state index contributed by atoms with van der Waals surface area (Å²) in [6.45, 7) is 6.04. The second-order valence-electron chi connectivity index (χ2n) is 6.61. The van der Waals surface area contributed by atoms with E-state index in [4.69, 9.17) is 10.4 Å². The Morgan fingerprint density at radius 1 is 1.30 bits per heavy atom. The minimum absolute atomic E-state index is 0.0611. The molecule has 1 heterocycles. The molecule has 5 heteroatoms. The molecular formula is C18H24N4O. The van der Waals surface area contributed by atoms with E-state index in [0.717, 1.165) is 36.3 Å². The molecular weight excluding hydrogens is 288 g/mol. The molecule has 0 aliphatic rings. The molecule has 122 valence electrons. The molecule has 0 saturated carbocycles. The zero-order valence-electron chi connectivity index (χ0n) is 14.0. The number of nitrogens with zero attached hydrogens (tertiary/aromatic N) is 3. The molecule has 0 atom stereocenters. The highest BCUT2D eigenvalue weighted by Crippen LogP contribution is 2.23. The van der Waals surface area contributed by atoms with E-state index in [1.807, 2.05) is 42.2 Å². The van der Waals surface area contributed by atoms with Gasteiger partial charge in [-0.25, -0.2) is 0 Å². The number of hydrogen-bond acceptors (Lipinski definition) is 4. The maximum Gasteiger partial charge on any atom is 0.0991 e. The lowest BCUT2D eigenvalue weighted by Crippen LogP contribution is -2.29. The van der Waals surface area contributed by atoms with Gasteiger partial charge in [-0.05, 0) is 24.0 Å². The normalized spacial score (nSPS) is 11.4. The predicted octanol–water partition coefficient (Wildman–Crippen LogP) is 2.46. The van der Waals surface area contributed by atoms with Gasteiger partial charge in [-0.1, -0.05) is 26.0 Å². The summed E-state index contributed by atoms with van der Waals surface area (Å²) in [5.74, 6) is 0. The first-order chi connectivity index (χ1) is 10.9. The average molecular weight is 312 g/mol. The van der Waals surface area contributed by atoms with Crippen LogP contribution in [0, 0.1) is 16.7 Å². The van der Waals surface area contributed by atoms with Gasteiger partial charge in [-0.3, -0.25) is 4.68 Å². The Morgan fingerprint density at radius 3 is 2.61 bits per heavy atom. The number of aryl methyl sites for hydroxylation is 1. The van der Waals surface area contributed by atoms with E-state index in [2.05, 4.69) is 30.3 Å². The Balaban J connectivity index is 2.10. The van der Waals surface area contributed by atoms with Crippen molar-refractivity contribution < 1.29 is 5.11 Å². The second-order valence-corrected chi connectivity index (χ2v) is 6.61. The Morgan fingerprint density at radius 2 is 2.00 bits per heavy atom. The van der Waals surface area contributed by atoms with Crippen LogP contribution < -0.4 is 5.32 Å². The third-order valence-electron chi connectivity index (χ3n) is 3.90. The Kier molecular flexibility index (Phi) is 5.54. The molecule has 0 amide bonds. The summed E-state index contributed by atoms with van der Waals surface area (Å²) in [5, 5.41) is 26.0. The summed E-state index contributed by atoms with van der Waals surface area (Å²) in [6, 6.07) is 9.61. The Hall–Kier alpha value is -2.16. The Bertz CT molecular complexity index is 680. The van der Waals surface area contributed by atoms with E-state index in [9.17, 15) is 0 Å². The molecule has 0 saturated heterocycles. The number of aliphatic hydroxyl groups is 1. The van der Waals surface area contributed by atoms with Crippen LogP contribution >= 0.6 is 0 Å². The van der Waals surface area contributed by atoms with Gasteiger partial charge in [0.1, 0.15) is 0 Å². The molecule has 0 spiro atoms. The van der Waals surface area contributed by atoms with Crippen LogP contribution in [0.25, 0.3) is 11.3 Å². The van der Waals surface area contributed by atoms with E-state index in [1.165, 1.54) is 0 Å². The van der Waals surface area contributed by atoms with E-state index in [-0.39, 0.29) is 12.0 Å². The minimum Gasteiger partial charge on any atom is -0.396 e. The summed E-state index contributed by atoms with van der Waals surface area (Å²) in [4.78, 5) is 0. The van der Waals surface area contributed by atoms with Crippen molar-refractivity contribution >= 4 is 0 Å². The molecule has 2 aromatic rings. The molecule has 0 unspecified atom stereocenters. The van der Waals surface area contributed by atoms with Crippen molar-refractivity contribution in [1.29, 1.82) is 5.26 Å². The number of aliphatic hydroxyl groups excluding tert-OH is 1. The van der Waals surface area contributed by atoms with E-state index in [1.54, 1.807) is 0 Å². The molecule has 0 fully saturated rings. The first kappa shape index (κ1) is 17.2. The van der Waals surface area contributed by atoms with E-state index < -0.39 is 0 Å². The highest BCUT2D eigenvalue weighted by molar-refractivity contribution is 5.63. The van der Waals surface area contributed by atoms with Crippen LogP contribution in [0.2, 0.25) is 0 Å². The summed E-state index contributed by atoms with van der Waals surface area (Å²) < 4.78 is 1.81. The van der Waals surface area contributed by atoms with Crippen LogP contribution in [0.3, 0.4) is 0 Å². The summed E-state index contributed by atoms with van der Waals surface area (Å²) in [7, 11) is 1.91. The highest BCUT2D eigenvalue weighted by atomic mass is 16.3. The molecule has 0 aliphatic heterocycles. The summed E-state index contributed by atoms with van der Waals surface area (Å²) >= 11 is 0. The number of nitriles is 1. The molecule has 0 bridgehead atoms. The van der Waals surface area contributed by atoms with Gasteiger partial charge in [0.05, 0.1) is 17.3 Å². The second kappa shape index (κ2) is 7.40. The molecule has 0 aliphatic carbocycles. The van der Waals surface area contributed by atoms with Crippen molar-refractivity contribution in [1.82, 2.24) is 15.1 Å². The van der Waals surface area contributed by atoms with Crippen LogP contribution in [0.15, 0.2) is 30.5 Å². The zero-order chi connectivity index (χ0) is 16.9. The van der Waals surface area contributed by atoms with Crippen LogP contribution in [0.5, 0.6) is 0 Å². The van der Waals surface area contributed by atoms with Crippen molar-refractivity contribution in [2.45, 2.75) is 26.8 Å². The first-order valence-electron chi connectivity index (χ1n) is 7.80. The molecule has 23 heavy (non-hydrogen) atoms. The largest absolute Gasteiger partial charge is 0.396 e. The monoisotopic (exact) mass is 312 g/mol. The van der Waals surface area contributed by atoms with E-state index in [0.29, 0.717) is 5.56 Å². The van der Waals surface area contributed by atoms with Crippen molar-refractivity contribution in [3.63, 3.8) is 0 Å². The number of rotatable bonds is 7. The standard InChI is InChI=1S/C18H24N4O/c1-18(2,8-9-23)13-20-11-16-12-22(3)21-17(16)15-6-4-14(10-19)5-7-15/h4-7,12,20,23H,8-9,11,13H2,1-3H3. The van der Waals surface area contributed by atoms with Crippen LogP contribution in [-0.4, -0.2) is 28.0 Å². The van der Waals surface area contributed by atoms with Crippen LogP contribution in [0.1, 0.15) is 31.4 Å². The zero-order valence-corrected chi connectivity index (χ0v) is 14.0. The fourth-order valence-corrected chi connectivity index (χ4v) is 2.54. The van der Waals surface area contributed by atoms with Crippen molar-refractivity contribution in [3.8, 4) is 17.3 Å². The number of benzene rings is 1. The third-order valence-corrected chi connectivity index (χ3v) is 3.90. The summed E-state index contributed by atoms with van der Waals surface area (Å²) in [6.07, 6.45) is 2.79. The number of nitrogens with one attached hydrogen (secondary N) is 1. The molecule has 5 nitrogen and oxygen atoms in total. The molecule has 2 rings (SSSR count). The van der Waals surface area contributed by atoms with Gasteiger partial charge in [-0.2, -0.15) is 10.4 Å². The number of hydrogen-bond donors (Lipinski definition) is 2. The van der Waals surface area contributed by atoms with Crippen molar-refractivity contribution in [2.75, 3.05) is 13.2 Å². The highest BCUT2D eigenvalue weighted by Gasteiger charge is 2.17. The van der Waals surface area contributed by atoms with Gasteiger partial charge in [0.25, 0.3) is 0 Å². The quantitative estimate of drug-likeness (QED) is 0.823. The predicted molar refractivity (Wildman–Crippen MR) is 90.5 cm³/mol. The van der Waals surface area contributed by atoms with Gasteiger partial charge in [0, 0.05) is 44.1 Å². The van der Waals surface area contributed by atoms with Gasteiger partial charge < -0.3 is 10.4 Å². The van der Waals surface area contributed by atoms with Gasteiger partial charge in [0.15, 0.2) is 0 Å². The third kappa shape index (κ3) is 4.65. The van der Waals surface area contributed by atoms with Crippen molar-refractivity contribution in [2.24, 2.45) is 12.5 Å². The number of aromatic nitrogens is 2. The maximum absolute atomic E-state index is 9.09. The first-order valence-corrected chi connectivity index (χ1v) is 7.80. The molecule has 1 aromatic heterocycles. The fourth-order valence-electron chi connectivity index (χ4n) is 2.54. The van der Waals surface area contributed by atoms with E-state index >= 15 is 0 Å². The molecule has 1 aromatic carbocycles. The minimum atomic E-state index is 0.0611. The summed E-state index contributed by atoms with van der Waals surface area (Å²) in [5.41, 5.74) is 3.78. The topological polar surface area (TPSA) is 73.9 Å². The van der Waals surface area contributed by atoms with Crippen LogP contribution in [-0.2, 0) is 13.6 Å². The average Bonchev–Trinajstić information content (AvgIpc) is 2.88. The van der Waals surface area contributed by atoms with Gasteiger partial charge in [-0.15, -0.1) is 0 Å². The lowest BCUT2D eigenvalue weighted by Gasteiger charge is -2.23. The smallest absolute Gasteiger partial charge is 0.0991 e.